The van der Waals surface area contributed by atoms with E-state index in [-0.39, 0.29) is 5.91 Å². The standard InChI is InChI=1S/C22H32N4O2S/c1-3-4-14-26-21(18-10-12-19(28-2)13-11-18)24-25-22(26)29-16-20(27)23-15-17-8-6-5-7-9-17/h10-13,17H,3-9,14-16H2,1-2H3,(H,23,27). The van der Waals surface area contributed by atoms with Gasteiger partial charge in [-0.25, -0.2) is 0 Å². The Morgan fingerprint density at radius 1 is 1.21 bits per heavy atom. The number of methoxy groups -OCH3 is 1. The minimum absolute atomic E-state index is 0.0802. The van der Waals surface area contributed by atoms with Gasteiger partial charge in [-0.2, -0.15) is 0 Å². The van der Waals surface area contributed by atoms with Gasteiger partial charge in [0.1, 0.15) is 5.75 Å². The molecule has 1 saturated carbocycles. The Morgan fingerprint density at radius 2 is 1.97 bits per heavy atom. The molecule has 0 aliphatic heterocycles. The van der Waals surface area contributed by atoms with Crippen molar-refractivity contribution in [3.8, 4) is 17.1 Å². The minimum atomic E-state index is 0.0802. The first-order chi connectivity index (χ1) is 14.2. The van der Waals surface area contributed by atoms with Crippen molar-refractivity contribution >= 4 is 17.7 Å². The van der Waals surface area contributed by atoms with Gasteiger partial charge in [0, 0.05) is 18.7 Å². The molecule has 0 atom stereocenters. The third-order valence-electron chi connectivity index (χ3n) is 5.45. The number of nitrogens with one attached hydrogen (secondary N) is 1. The average Bonchev–Trinajstić information content (AvgIpc) is 3.18. The number of thioether (sulfide) groups is 1. The second-order valence-corrected chi connectivity index (χ2v) is 8.58. The first-order valence-corrected chi connectivity index (χ1v) is 11.7. The van der Waals surface area contributed by atoms with Gasteiger partial charge >= 0.3 is 0 Å². The van der Waals surface area contributed by atoms with Crippen molar-refractivity contribution in [3.05, 3.63) is 24.3 Å². The van der Waals surface area contributed by atoms with E-state index in [1.54, 1.807) is 7.11 Å². The molecule has 0 unspecified atom stereocenters. The van der Waals surface area contributed by atoms with Crippen LogP contribution < -0.4 is 10.1 Å². The number of aromatic nitrogens is 3. The highest BCUT2D eigenvalue weighted by Crippen LogP contribution is 2.26. The number of carbonyl (C=O) groups is 1. The summed E-state index contributed by atoms with van der Waals surface area (Å²) in [4.78, 5) is 12.3. The van der Waals surface area contributed by atoms with Crippen LogP contribution in [0.25, 0.3) is 11.4 Å². The monoisotopic (exact) mass is 416 g/mol. The molecule has 1 amide bonds. The normalized spacial score (nSPS) is 14.7. The number of carbonyl (C=O) groups excluding carboxylic acids is 1. The Kier molecular flexibility index (Phi) is 8.40. The summed E-state index contributed by atoms with van der Waals surface area (Å²) in [5.74, 6) is 2.76. The molecule has 1 aliphatic rings. The van der Waals surface area contributed by atoms with Gasteiger partial charge in [0.2, 0.25) is 5.91 Å². The van der Waals surface area contributed by atoms with Crippen LogP contribution in [0.2, 0.25) is 0 Å². The third kappa shape index (κ3) is 6.23. The van der Waals surface area contributed by atoms with Crippen molar-refractivity contribution in [2.45, 2.75) is 63.6 Å². The quantitative estimate of drug-likeness (QED) is 0.576. The highest BCUT2D eigenvalue weighted by molar-refractivity contribution is 7.99. The summed E-state index contributed by atoms with van der Waals surface area (Å²) in [6, 6.07) is 7.85. The number of ether oxygens (including phenoxy) is 1. The molecule has 0 saturated heterocycles. The van der Waals surface area contributed by atoms with Crippen molar-refractivity contribution in [3.63, 3.8) is 0 Å². The summed E-state index contributed by atoms with van der Waals surface area (Å²) >= 11 is 1.47. The number of nitrogens with zero attached hydrogens (tertiary/aromatic N) is 3. The van der Waals surface area contributed by atoms with Crippen LogP contribution in [0.1, 0.15) is 51.9 Å². The fraction of sp³-hybridized carbons (Fsp3) is 0.591. The van der Waals surface area contributed by atoms with Crippen molar-refractivity contribution in [1.29, 1.82) is 0 Å². The first-order valence-electron chi connectivity index (χ1n) is 10.7. The maximum atomic E-state index is 12.3. The summed E-state index contributed by atoms with van der Waals surface area (Å²) in [5.41, 5.74) is 1.00. The van der Waals surface area contributed by atoms with E-state index < -0.39 is 0 Å². The molecule has 1 aromatic carbocycles. The van der Waals surface area contributed by atoms with Crippen molar-refractivity contribution in [2.24, 2.45) is 5.92 Å². The maximum absolute atomic E-state index is 12.3. The molecule has 7 heteroatoms. The average molecular weight is 417 g/mol. The lowest BCUT2D eigenvalue weighted by Gasteiger charge is -2.21. The highest BCUT2D eigenvalue weighted by atomic mass is 32.2. The number of unbranched alkanes of at least 4 members (excludes halogenated alkanes) is 1. The molecule has 3 rings (SSSR count). The lowest BCUT2D eigenvalue weighted by molar-refractivity contribution is -0.118. The number of hydrogen-bond acceptors (Lipinski definition) is 5. The Hall–Kier alpha value is -2.02. The Labute approximate surface area is 177 Å². The number of amides is 1. The molecular formula is C22H32N4O2S. The Bertz CT molecular complexity index is 770. The zero-order chi connectivity index (χ0) is 20.5. The molecule has 158 valence electrons. The molecule has 1 aromatic heterocycles. The van der Waals surface area contributed by atoms with E-state index >= 15 is 0 Å². The molecule has 2 aromatic rings. The van der Waals surface area contributed by atoms with Gasteiger partial charge in [0.15, 0.2) is 11.0 Å². The van der Waals surface area contributed by atoms with Crippen molar-refractivity contribution in [1.82, 2.24) is 20.1 Å². The third-order valence-corrected chi connectivity index (χ3v) is 6.41. The summed E-state index contributed by atoms with van der Waals surface area (Å²) in [5, 5.41) is 12.7. The summed E-state index contributed by atoms with van der Waals surface area (Å²) in [7, 11) is 1.66. The second kappa shape index (κ2) is 11.2. The van der Waals surface area contributed by atoms with E-state index in [1.165, 1.54) is 43.9 Å². The molecule has 1 N–H and O–H groups in total. The van der Waals surface area contributed by atoms with Gasteiger partial charge in [-0.05, 0) is 49.4 Å². The van der Waals surface area contributed by atoms with Crippen molar-refractivity contribution < 1.29 is 9.53 Å². The molecule has 0 radical (unpaired) electrons. The Balaban J connectivity index is 1.61. The topological polar surface area (TPSA) is 69.0 Å². The summed E-state index contributed by atoms with van der Waals surface area (Å²) < 4.78 is 7.37. The van der Waals surface area contributed by atoms with Crippen LogP contribution in [0.15, 0.2) is 29.4 Å². The van der Waals surface area contributed by atoms with Crippen LogP contribution >= 0.6 is 11.8 Å². The van der Waals surface area contributed by atoms with Crippen LogP contribution in [0.4, 0.5) is 0 Å². The van der Waals surface area contributed by atoms with E-state index in [0.717, 1.165) is 48.2 Å². The van der Waals surface area contributed by atoms with Crippen LogP contribution in [0, 0.1) is 5.92 Å². The highest BCUT2D eigenvalue weighted by Gasteiger charge is 2.17. The van der Waals surface area contributed by atoms with E-state index in [2.05, 4.69) is 27.0 Å². The predicted octanol–water partition coefficient (Wildman–Crippen LogP) is 4.54. The second-order valence-electron chi connectivity index (χ2n) is 7.64. The molecule has 0 bridgehead atoms. The fourth-order valence-electron chi connectivity index (χ4n) is 3.70. The van der Waals surface area contributed by atoms with Gasteiger partial charge in [0.05, 0.1) is 12.9 Å². The minimum Gasteiger partial charge on any atom is -0.497 e. The molecule has 1 aliphatic carbocycles. The van der Waals surface area contributed by atoms with Gasteiger partial charge in [-0.1, -0.05) is 44.4 Å². The molecule has 29 heavy (non-hydrogen) atoms. The molecule has 6 nitrogen and oxygen atoms in total. The number of benzene rings is 1. The molecule has 1 heterocycles. The Morgan fingerprint density at radius 3 is 2.66 bits per heavy atom. The predicted molar refractivity (Wildman–Crippen MR) is 117 cm³/mol. The molecule has 0 spiro atoms. The van der Waals surface area contributed by atoms with Gasteiger partial charge in [-0.3, -0.25) is 4.79 Å². The SMILES string of the molecule is CCCCn1c(SCC(=O)NCC2CCCCC2)nnc1-c1ccc(OC)cc1. The van der Waals surface area contributed by atoms with Crippen LogP contribution in [0.5, 0.6) is 5.75 Å². The number of rotatable bonds is 10. The van der Waals surface area contributed by atoms with Gasteiger partial charge in [-0.15, -0.1) is 10.2 Å². The summed E-state index contributed by atoms with van der Waals surface area (Å²) in [6.07, 6.45) is 8.54. The van der Waals surface area contributed by atoms with E-state index in [0.29, 0.717) is 11.7 Å². The molecular weight excluding hydrogens is 384 g/mol. The van der Waals surface area contributed by atoms with Crippen LogP contribution in [0.3, 0.4) is 0 Å². The zero-order valence-electron chi connectivity index (χ0n) is 17.5. The van der Waals surface area contributed by atoms with E-state index in [4.69, 9.17) is 4.74 Å². The summed E-state index contributed by atoms with van der Waals surface area (Å²) in [6.45, 7) is 3.82. The van der Waals surface area contributed by atoms with Crippen molar-refractivity contribution in [2.75, 3.05) is 19.4 Å². The first kappa shape index (κ1) is 21.7. The van der Waals surface area contributed by atoms with E-state index in [9.17, 15) is 4.79 Å². The van der Waals surface area contributed by atoms with Crippen LogP contribution in [-0.2, 0) is 11.3 Å². The smallest absolute Gasteiger partial charge is 0.230 e. The lowest BCUT2D eigenvalue weighted by atomic mass is 9.89. The largest absolute Gasteiger partial charge is 0.497 e. The van der Waals surface area contributed by atoms with Gasteiger partial charge < -0.3 is 14.6 Å². The maximum Gasteiger partial charge on any atom is 0.230 e. The number of hydrogen-bond donors (Lipinski definition) is 1. The van der Waals surface area contributed by atoms with Gasteiger partial charge in [0.25, 0.3) is 0 Å². The van der Waals surface area contributed by atoms with E-state index in [1.807, 2.05) is 24.3 Å². The zero-order valence-corrected chi connectivity index (χ0v) is 18.3. The fourth-order valence-corrected chi connectivity index (χ4v) is 4.49. The molecule has 1 fully saturated rings. The lowest BCUT2D eigenvalue weighted by Crippen LogP contribution is -2.31. The van der Waals surface area contributed by atoms with Crippen LogP contribution in [-0.4, -0.2) is 40.1 Å².